The third kappa shape index (κ3) is 4.04. The molecule has 5 heterocycles. The van der Waals surface area contributed by atoms with Crippen LogP contribution in [0.2, 0.25) is 0 Å². The lowest BCUT2D eigenvalue weighted by molar-refractivity contribution is -0.158. The van der Waals surface area contributed by atoms with Crippen molar-refractivity contribution in [2.45, 2.75) is 63.6 Å². The van der Waals surface area contributed by atoms with Crippen LogP contribution in [0.3, 0.4) is 0 Å². The number of fused-ring (bicyclic) bond motifs is 3. The third-order valence-corrected chi connectivity index (χ3v) is 9.24. The maximum absolute atomic E-state index is 14.7. The predicted octanol–water partition coefficient (Wildman–Crippen LogP) is 1.58. The lowest BCUT2D eigenvalue weighted by Crippen LogP contribution is -2.59. The summed E-state index contributed by atoms with van der Waals surface area (Å²) in [4.78, 5) is 47.9. The highest BCUT2D eigenvalue weighted by Crippen LogP contribution is 2.59. The van der Waals surface area contributed by atoms with Crippen LogP contribution < -0.4 is 0 Å². The van der Waals surface area contributed by atoms with Crippen molar-refractivity contribution in [2.24, 2.45) is 17.8 Å². The van der Waals surface area contributed by atoms with Crippen LogP contribution in [0.25, 0.3) is 11.0 Å². The van der Waals surface area contributed by atoms with Crippen LogP contribution in [-0.4, -0.2) is 103 Å². The molecule has 4 aliphatic heterocycles. The molecule has 2 fully saturated rings. The van der Waals surface area contributed by atoms with E-state index in [0.29, 0.717) is 19.4 Å². The van der Waals surface area contributed by atoms with Gasteiger partial charge in [-0.15, -0.1) is 5.10 Å². The maximum Gasteiger partial charge on any atom is 0.250 e. The molecule has 4 aliphatic rings. The number of benzene rings is 1. The fourth-order valence-corrected chi connectivity index (χ4v) is 7.39. The number of hydrogen-bond acceptors (Lipinski definition) is 7. The van der Waals surface area contributed by atoms with Gasteiger partial charge in [0.25, 0.3) is 5.91 Å². The minimum Gasteiger partial charge on any atom is -0.394 e. The van der Waals surface area contributed by atoms with Crippen molar-refractivity contribution in [3.05, 3.63) is 48.6 Å². The molecule has 41 heavy (non-hydrogen) atoms. The average Bonchev–Trinajstić information content (AvgIpc) is 3.50. The Labute approximate surface area is 239 Å². The topological polar surface area (TPSA) is 121 Å². The van der Waals surface area contributed by atoms with Crippen molar-refractivity contribution in [1.82, 2.24) is 29.7 Å². The second-order valence-electron chi connectivity index (χ2n) is 12.1. The lowest BCUT2D eigenvalue weighted by atomic mass is 9.73. The summed E-state index contributed by atoms with van der Waals surface area (Å²) in [6, 6.07) is 5.88. The highest BCUT2D eigenvalue weighted by Gasteiger charge is 2.75. The molecular formula is C30H38N6O5. The van der Waals surface area contributed by atoms with Crippen molar-refractivity contribution in [3.8, 4) is 0 Å². The number of carbonyl (C=O) groups is 3. The van der Waals surface area contributed by atoms with E-state index in [-0.39, 0.29) is 43.5 Å². The molecule has 11 heteroatoms. The van der Waals surface area contributed by atoms with Crippen molar-refractivity contribution >= 4 is 28.8 Å². The molecule has 6 rings (SSSR count). The standard InChI is InChI=1S/C30H38N6O5/c1-5-29-12-8-14-33(4)26(38)23(29)24-27(39)36(20(17-37)16-19(2)3)25-28(40)34(15-9-13-30(24,25)41-29)18-35-22-11-7-6-10-21(22)31-32-35/h6-13,19-20,23-25,37H,5,14-18H2,1-4H3/t20-,23+,24+,25?,29-,30+/m1/s1. The van der Waals surface area contributed by atoms with E-state index in [1.807, 2.05) is 69.3 Å². The van der Waals surface area contributed by atoms with Crippen LogP contribution in [-0.2, 0) is 25.8 Å². The van der Waals surface area contributed by atoms with Gasteiger partial charge in [-0.3, -0.25) is 14.4 Å². The molecule has 1 aromatic heterocycles. The van der Waals surface area contributed by atoms with Crippen molar-refractivity contribution in [3.63, 3.8) is 0 Å². The van der Waals surface area contributed by atoms with Gasteiger partial charge in [-0.05, 0) is 30.9 Å². The van der Waals surface area contributed by atoms with Gasteiger partial charge in [0.2, 0.25) is 11.8 Å². The van der Waals surface area contributed by atoms with E-state index in [2.05, 4.69) is 10.3 Å². The summed E-state index contributed by atoms with van der Waals surface area (Å²) in [6.07, 6.45) is 8.51. The number of aromatic nitrogens is 3. The summed E-state index contributed by atoms with van der Waals surface area (Å²) in [7, 11) is 1.73. The number of likely N-dealkylation sites (tertiary alicyclic amines) is 1. The summed E-state index contributed by atoms with van der Waals surface area (Å²) in [5.74, 6) is -2.34. The Morgan fingerprint density at radius 3 is 2.54 bits per heavy atom. The van der Waals surface area contributed by atoms with Gasteiger partial charge in [-0.25, -0.2) is 4.68 Å². The van der Waals surface area contributed by atoms with Gasteiger partial charge in [-0.2, -0.15) is 0 Å². The molecule has 0 bridgehead atoms. The molecule has 1 spiro atoms. The van der Waals surface area contributed by atoms with Gasteiger partial charge in [0.05, 0.1) is 35.6 Å². The Kier molecular flexibility index (Phi) is 6.77. The number of nitrogens with zero attached hydrogens (tertiary/aromatic N) is 6. The van der Waals surface area contributed by atoms with Crippen LogP contribution in [0.5, 0.6) is 0 Å². The van der Waals surface area contributed by atoms with Gasteiger partial charge < -0.3 is 24.5 Å². The van der Waals surface area contributed by atoms with Crippen LogP contribution in [0.1, 0.15) is 33.6 Å². The number of aliphatic hydroxyl groups is 1. The molecular weight excluding hydrogens is 524 g/mol. The van der Waals surface area contributed by atoms with Gasteiger partial charge in [0.1, 0.15) is 23.8 Å². The third-order valence-electron chi connectivity index (χ3n) is 9.24. The monoisotopic (exact) mass is 562 g/mol. The van der Waals surface area contributed by atoms with Gasteiger partial charge in [-0.1, -0.05) is 62.4 Å². The number of carbonyl (C=O) groups excluding carboxylic acids is 3. The van der Waals surface area contributed by atoms with E-state index in [9.17, 15) is 19.5 Å². The Bertz CT molecular complexity index is 1440. The first-order chi connectivity index (χ1) is 19.7. The minimum atomic E-state index is -1.36. The van der Waals surface area contributed by atoms with E-state index in [0.717, 1.165) is 11.0 Å². The SMILES string of the molecule is CC[C@@]12C=CCN(C)C(=O)[C@@H]1[C@H]1C(=O)N([C@@H](CO)CC(C)C)C3C(=O)N(Cn4nnc5ccccc54)CC=C[C@@]31O2. The Balaban J connectivity index is 1.48. The fraction of sp³-hybridized carbons (Fsp3) is 0.567. The van der Waals surface area contributed by atoms with E-state index in [4.69, 9.17) is 4.74 Å². The smallest absolute Gasteiger partial charge is 0.250 e. The van der Waals surface area contributed by atoms with Crippen molar-refractivity contribution < 1.29 is 24.2 Å². The number of rotatable bonds is 7. The molecule has 1 N–H and O–H groups in total. The number of ether oxygens (including phenoxy) is 1. The highest BCUT2D eigenvalue weighted by atomic mass is 16.5. The van der Waals surface area contributed by atoms with Crippen LogP contribution in [0.4, 0.5) is 0 Å². The summed E-state index contributed by atoms with van der Waals surface area (Å²) in [5.41, 5.74) is -0.885. The second kappa shape index (κ2) is 10.1. The van der Waals surface area contributed by atoms with Crippen molar-refractivity contribution in [1.29, 1.82) is 0 Å². The summed E-state index contributed by atoms with van der Waals surface area (Å²) >= 11 is 0. The number of hydrogen-bond donors (Lipinski definition) is 1. The zero-order valence-corrected chi connectivity index (χ0v) is 24.0. The Morgan fingerprint density at radius 2 is 1.80 bits per heavy atom. The quantitative estimate of drug-likeness (QED) is 0.509. The normalized spacial score (nSPS) is 32.0. The lowest BCUT2D eigenvalue weighted by Gasteiger charge is -2.41. The Morgan fingerprint density at radius 1 is 1.05 bits per heavy atom. The van der Waals surface area contributed by atoms with E-state index in [1.165, 1.54) is 4.90 Å². The molecule has 1 unspecified atom stereocenters. The molecule has 0 aliphatic carbocycles. The molecule has 2 saturated heterocycles. The number of para-hydroxylation sites is 1. The average molecular weight is 563 g/mol. The highest BCUT2D eigenvalue weighted by molar-refractivity contribution is 6.00. The summed E-state index contributed by atoms with van der Waals surface area (Å²) in [5, 5.41) is 19.0. The molecule has 1 aromatic carbocycles. The predicted molar refractivity (Wildman–Crippen MR) is 150 cm³/mol. The van der Waals surface area contributed by atoms with Crippen LogP contribution in [0, 0.1) is 17.8 Å². The van der Waals surface area contributed by atoms with Crippen LogP contribution >= 0.6 is 0 Å². The maximum atomic E-state index is 14.7. The Hall–Kier alpha value is -3.57. The van der Waals surface area contributed by atoms with Crippen LogP contribution in [0.15, 0.2) is 48.6 Å². The first-order valence-electron chi connectivity index (χ1n) is 14.5. The molecule has 6 atom stereocenters. The van der Waals surface area contributed by atoms with Crippen molar-refractivity contribution in [2.75, 3.05) is 26.7 Å². The van der Waals surface area contributed by atoms with E-state index >= 15 is 0 Å². The molecule has 0 radical (unpaired) electrons. The number of aliphatic hydroxyl groups excluding tert-OH is 1. The number of likely N-dealkylation sites (N-methyl/N-ethyl adjacent to an activating group) is 1. The minimum absolute atomic E-state index is 0.126. The molecule has 2 aromatic rings. The molecule has 0 saturated carbocycles. The zero-order chi connectivity index (χ0) is 29.1. The second-order valence-corrected chi connectivity index (χ2v) is 12.1. The first kappa shape index (κ1) is 27.6. The summed E-state index contributed by atoms with van der Waals surface area (Å²) in [6.45, 7) is 6.50. The molecule has 3 amide bonds. The fourth-order valence-electron chi connectivity index (χ4n) is 7.39. The molecule has 11 nitrogen and oxygen atoms in total. The van der Waals surface area contributed by atoms with Gasteiger partial charge >= 0.3 is 0 Å². The van der Waals surface area contributed by atoms with Gasteiger partial charge in [0, 0.05) is 20.1 Å². The van der Waals surface area contributed by atoms with E-state index in [1.54, 1.807) is 21.5 Å². The molecule has 218 valence electrons. The van der Waals surface area contributed by atoms with Gasteiger partial charge in [0.15, 0.2) is 0 Å². The zero-order valence-electron chi connectivity index (χ0n) is 24.0. The first-order valence-corrected chi connectivity index (χ1v) is 14.5. The van der Waals surface area contributed by atoms with E-state index < -0.39 is 35.1 Å². The number of amides is 3. The largest absolute Gasteiger partial charge is 0.394 e. The summed E-state index contributed by atoms with van der Waals surface area (Å²) < 4.78 is 8.64.